The van der Waals surface area contributed by atoms with Gasteiger partial charge in [-0.05, 0) is 95.2 Å². The molecule has 2 aliphatic rings. The fourth-order valence-corrected chi connectivity index (χ4v) is 5.78. The number of nitrogens with zero attached hydrogens (tertiary/aromatic N) is 1. The van der Waals surface area contributed by atoms with Crippen LogP contribution in [0.2, 0.25) is 0 Å². The van der Waals surface area contributed by atoms with Gasteiger partial charge in [-0.15, -0.1) is 0 Å². The fourth-order valence-electron chi connectivity index (χ4n) is 4.64. The topological polar surface area (TPSA) is 76.1 Å². The number of carbonyl (C=O) groups is 2. The maximum atomic E-state index is 12.5. The summed E-state index contributed by atoms with van der Waals surface area (Å²) >= 11 is 1.11. The Bertz CT molecular complexity index is 1130. The third-order valence-corrected chi connectivity index (χ3v) is 8.00. The first kappa shape index (κ1) is 24.5. The van der Waals surface area contributed by atoms with Gasteiger partial charge in [-0.3, -0.25) is 14.5 Å². The quantitative estimate of drug-likeness (QED) is 0.585. The van der Waals surface area contributed by atoms with Gasteiger partial charge in [-0.25, -0.2) is 0 Å². The maximum Gasteiger partial charge on any atom is 0.289 e. The Balaban J connectivity index is 1.39. The van der Waals surface area contributed by atoms with E-state index in [4.69, 9.17) is 9.47 Å². The summed E-state index contributed by atoms with van der Waals surface area (Å²) in [5.74, 6) is 1.85. The van der Waals surface area contributed by atoms with Gasteiger partial charge in [0.05, 0.1) is 5.25 Å². The highest BCUT2D eigenvalue weighted by molar-refractivity contribution is 8.15. The minimum atomic E-state index is -0.472. The van der Waals surface area contributed by atoms with E-state index in [0.717, 1.165) is 63.9 Å². The summed E-state index contributed by atoms with van der Waals surface area (Å²) in [6.45, 7) is 12.0. The number of aromatic hydroxyl groups is 1. The molecule has 2 aromatic rings. The number of benzene rings is 2. The number of rotatable bonds is 6. The van der Waals surface area contributed by atoms with Crippen LogP contribution in [0, 0.1) is 20.8 Å². The molecule has 2 aromatic carbocycles. The Morgan fingerprint density at radius 2 is 1.82 bits per heavy atom. The van der Waals surface area contributed by atoms with E-state index >= 15 is 0 Å². The fraction of sp³-hybridized carbons (Fsp3) is 0.481. The molecule has 1 saturated heterocycles. The van der Waals surface area contributed by atoms with Gasteiger partial charge >= 0.3 is 0 Å². The van der Waals surface area contributed by atoms with E-state index in [0.29, 0.717) is 18.8 Å². The Hall–Kier alpha value is -2.67. The number of ether oxygens (including phenoxy) is 2. The minimum Gasteiger partial charge on any atom is -0.507 e. The SMILES string of the molecule is Cc1c(C)c2c(c(C)c1O)CCC(C)(COc1ccc(CC3SC(=O)N(C(C)C)C3=O)cc1)O2. The summed E-state index contributed by atoms with van der Waals surface area (Å²) in [4.78, 5) is 26.0. The monoisotopic (exact) mass is 483 g/mol. The molecule has 1 N–H and O–H groups in total. The van der Waals surface area contributed by atoms with Gasteiger partial charge in [0.2, 0.25) is 5.91 Å². The lowest BCUT2D eigenvalue weighted by molar-refractivity contribution is -0.127. The van der Waals surface area contributed by atoms with Crippen LogP contribution in [0.15, 0.2) is 24.3 Å². The molecule has 2 unspecified atom stereocenters. The molecule has 2 heterocycles. The number of phenols is 1. The lowest BCUT2D eigenvalue weighted by Crippen LogP contribution is -2.42. The summed E-state index contributed by atoms with van der Waals surface area (Å²) in [6.07, 6.45) is 2.14. The molecule has 2 atom stereocenters. The van der Waals surface area contributed by atoms with Crippen molar-refractivity contribution in [2.75, 3.05) is 6.61 Å². The molecule has 2 aliphatic heterocycles. The van der Waals surface area contributed by atoms with E-state index in [1.54, 1.807) is 0 Å². The van der Waals surface area contributed by atoms with Crippen LogP contribution >= 0.6 is 11.8 Å². The second kappa shape index (κ2) is 9.17. The van der Waals surface area contributed by atoms with Crippen LogP contribution < -0.4 is 9.47 Å². The van der Waals surface area contributed by atoms with Gasteiger partial charge in [0, 0.05) is 11.6 Å². The average molecular weight is 484 g/mol. The molecule has 182 valence electrons. The molecule has 1 fully saturated rings. The average Bonchev–Trinajstić information content (AvgIpc) is 3.08. The van der Waals surface area contributed by atoms with Gasteiger partial charge in [-0.1, -0.05) is 23.9 Å². The van der Waals surface area contributed by atoms with E-state index in [-0.39, 0.29) is 22.4 Å². The molecule has 0 aliphatic carbocycles. The summed E-state index contributed by atoms with van der Waals surface area (Å²) in [5, 5.41) is 9.85. The number of thioether (sulfide) groups is 1. The van der Waals surface area contributed by atoms with Crippen LogP contribution in [0.25, 0.3) is 0 Å². The van der Waals surface area contributed by atoms with E-state index in [2.05, 4.69) is 6.92 Å². The summed E-state index contributed by atoms with van der Waals surface area (Å²) < 4.78 is 12.5. The number of amides is 2. The normalized spacial score (nSPS) is 22.2. The first-order valence-electron chi connectivity index (χ1n) is 11.8. The molecule has 0 aromatic heterocycles. The van der Waals surface area contributed by atoms with Crippen LogP contribution in [0.5, 0.6) is 17.2 Å². The van der Waals surface area contributed by atoms with Crippen molar-refractivity contribution in [3.63, 3.8) is 0 Å². The first-order valence-corrected chi connectivity index (χ1v) is 12.6. The van der Waals surface area contributed by atoms with Crippen molar-refractivity contribution in [3.8, 4) is 17.2 Å². The van der Waals surface area contributed by atoms with Gasteiger partial charge in [-0.2, -0.15) is 0 Å². The smallest absolute Gasteiger partial charge is 0.289 e. The predicted molar refractivity (Wildman–Crippen MR) is 134 cm³/mol. The van der Waals surface area contributed by atoms with Crippen molar-refractivity contribution in [1.29, 1.82) is 0 Å². The predicted octanol–water partition coefficient (Wildman–Crippen LogP) is 5.50. The number of phenolic OH excluding ortho intramolecular Hbond substituents is 1. The van der Waals surface area contributed by atoms with Crippen LogP contribution in [-0.4, -0.2) is 44.7 Å². The molecule has 0 radical (unpaired) electrons. The summed E-state index contributed by atoms with van der Waals surface area (Å²) in [5.41, 5.74) is 4.33. The molecule has 0 saturated carbocycles. The molecule has 7 heteroatoms. The van der Waals surface area contributed by atoms with E-state index in [9.17, 15) is 14.7 Å². The minimum absolute atomic E-state index is 0.109. The van der Waals surface area contributed by atoms with Gasteiger partial charge < -0.3 is 14.6 Å². The van der Waals surface area contributed by atoms with Crippen molar-refractivity contribution in [3.05, 3.63) is 52.1 Å². The number of fused-ring (bicyclic) bond motifs is 1. The third kappa shape index (κ3) is 4.50. The lowest BCUT2D eigenvalue weighted by atomic mass is 9.87. The number of hydrogen-bond acceptors (Lipinski definition) is 6. The summed E-state index contributed by atoms with van der Waals surface area (Å²) in [6, 6.07) is 7.58. The van der Waals surface area contributed by atoms with Crippen molar-refractivity contribution < 1.29 is 24.2 Å². The van der Waals surface area contributed by atoms with Crippen molar-refractivity contribution >= 4 is 22.9 Å². The number of imide groups is 1. The van der Waals surface area contributed by atoms with Crippen LogP contribution in [-0.2, 0) is 17.6 Å². The number of carbonyl (C=O) groups excluding carboxylic acids is 2. The van der Waals surface area contributed by atoms with E-state index in [1.165, 1.54) is 4.90 Å². The first-order chi connectivity index (χ1) is 16.0. The number of hydrogen-bond donors (Lipinski definition) is 1. The Morgan fingerprint density at radius 1 is 1.15 bits per heavy atom. The van der Waals surface area contributed by atoms with Crippen LogP contribution in [0.4, 0.5) is 4.79 Å². The van der Waals surface area contributed by atoms with E-state index < -0.39 is 5.60 Å². The van der Waals surface area contributed by atoms with E-state index in [1.807, 2.05) is 58.9 Å². The second-order valence-electron chi connectivity index (χ2n) is 9.89. The van der Waals surface area contributed by atoms with Gasteiger partial charge in [0.1, 0.15) is 29.5 Å². The molecule has 0 spiro atoms. The third-order valence-electron chi connectivity index (χ3n) is 6.95. The van der Waals surface area contributed by atoms with Crippen LogP contribution in [0.1, 0.15) is 55.0 Å². The zero-order valence-corrected chi connectivity index (χ0v) is 21.5. The molecular weight excluding hydrogens is 450 g/mol. The Kier molecular flexibility index (Phi) is 6.60. The maximum absolute atomic E-state index is 12.5. The highest BCUT2D eigenvalue weighted by Crippen LogP contribution is 2.43. The molecule has 6 nitrogen and oxygen atoms in total. The van der Waals surface area contributed by atoms with Gasteiger partial charge in [0.15, 0.2) is 0 Å². The highest BCUT2D eigenvalue weighted by Gasteiger charge is 2.41. The molecule has 0 bridgehead atoms. The largest absolute Gasteiger partial charge is 0.507 e. The lowest BCUT2D eigenvalue weighted by Gasteiger charge is -2.37. The van der Waals surface area contributed by atoms with Gasteiger partial charge in [0.25, 0.3) is 5.24 Å². The second-order valence-corrected chi connectivity index (χ2v) is 11.0. The van der Waals surface area contributed by atoms with Crippen molar-refractivity contribution in [2.45, 2.75) is 77.7 Å². The van der Waals surface area contributed by atoms with Crippen molar-refractivity contribution in [1.82, 2.24) is 4.90 Å². The molecular formula is C27H33NO5S. The zero-order chi connectivity index (χ0) is 24.8. The van der Waals surface area contributed by atoms with Crippen LogP contribution in [0.3, 0.4) is 0 Å². The zero-order valence-electron chi connectivity index (χ0n) is 20.7. The standard InChI is InChI=1S/C27H33NO5S/c1-15(2)28-25(30)22(34-26(28)31)13-19-7-9-20(10-8-19)32-14-27(6)12-11-21-18(5)23(29)16(3)17(4)24(21)33-27/h7-10,15,22,29H,11-14H2,1-6H3. The molecule has 2 amide bonds. The highest BCUT2D eigenvalue weighted by atomic mass is 32.2. The van der Waals surface area contributed by atoms with Crippen molar-refractivity contribution in [2.24, 2.45) is 0 Å². The Labute approximate surface area is 205 Å². The summed E-state index contributed by atoms with van der Waals surface area (Å²) in [7, 11) is 0. The molecule has 4 rings (SSSR count). The Morgan fingerprint density at radius 3 is 2.44 bits per heavy atom. The molecule has 34 heavy (non-hydrogen) atoms.